The van der Waals surface area contributed by atoms with Gasteiger partial charge in [0.15, 0.2) is 23.9 Å². The summed E-state index contributed by atoms with van der Waals surface area (Å²) in [5.41, 5.74) is 0.519. The summed E-state index contributed by atoms with van der Waals surface area (Å²) in [7, 11) is 1.48. The van der Waals surface area contributed by atoms with Crippen molar-refractivity contribution in [2.24, 2.45) is 0 Å². The van der Waals surface area contributed by atoms with E-state index in [-0.39, 0.29) is 24.3 Å². The molecule has 1 atom stereocenters. The number of hydrogen-bond donors (Lipinski definition) is 1. The zero-order chi connectivity index (χ0) is 17.7. The highest BCUT2D eigenvalue weighted by Gasteiger charge is 2.14. The number of aryl methyl sites for hydroxylation is 1. The molecule has 0 aliphatic rings. The van der Waals surface area contributed by atoms with Gasteiger partial charge in [0.25, 0.3) is 5.91 Å². The van der Waals surface area contributed by atoms with Gasteiger partial charge in [-0.15, -0.1) is 0 Å². The van der Waals surface area contributed by atoms with Gasteiger partial charge in [0.2, 0.25) is 0 Å². The maximum absolute atomic E-state index is 12.0. The summed E-state index contributed by atoms with van der Waals surface area (Å²) in [5.74, 6) is 1.93. The van der Waals surface area contributed by atoms with Crippen LogP contribution in [0.5, 0.6) is 11.5 Å². The smallest absolute Gasteiger partial charge is 0.258 e. The molecule has 1 N–H and O–H groups in total. The maximum Gasteiger partial charge on any atom is 0.258 e. The average molecular weight is 331 g/mol. The summed E-state index contributed by atoms with van der Waals surface area (Å²) < 4.78 is 16.2. The van der Waals surface area contributed by atoms with Gasteiger partial charge < -0.3 is 19.2 Å². The van der Waals surface area contributed by atoms with Crippen LogP contribution in [0, 0.1) is 6.92 Å². The summed E-state index contributed by atoms with van der Waals surface area (Å²) in [6.07, 6.45) is 0. The second-order valence-corrected chi connectivity index (χ2v) is 5.45. The summed E-state index contributed by atoms with van der Waals surface area (Å²) in [6, 6.07) is 8.25. The van der Waals surface area contributed by atoms with Gasteiger partial charge in [0.05, 0.1) is 13.2 Å². The SMILES string of the molecule is COc1cc(C(C)=O)ccc1OCC(=O)NC(C)c1ccc(C)o1. The summed E-state index contributed by atoms with van der Waals surface area (Å²) in [4.78, 5) is 23.4. The van der Waals surface area contributed by atoms with Crippen molar-refractivity contribution in [3.63, 3.8) is 0 Å². The van der Waals surface area contributed by atoms with Crippen LogP contribution in [-0.2, 0) is 4.79 Å². The zero-order valence-corrected chi connectivity index (χ0v) is 14.2. The Hall–Kier alpha value is -2.76. The molecule has 0 saturated heterocycles. The van der Waals surface area contributed by atoms with Crippen molar-refractivity contribution in [1.29, 1.82) is 0 Å². The molecule has 128 valence electrons. The summed E-state index contributed by atoms with van der Waals surface area (Å²) >= 11 is 0. The number of amides is 1. The third kappa shape index (κ3) is 4.38. The third-order valence-electron chi connectivity index (χ3n) is 3.49. The van der Waals surface area contributed by atoms with Gasteiger partial charge in [-0.3, -0.25) is 9.59 Å². The van der Waals surface area contributed by atoms with Crippen molar-refractivity contribution in [3.8, 4) is 11.5 Å². The second-order valence-electron chi connectivity index (χ2n) is 5.45. The molecular weight excluding hydrogens is 310 g/mol. The van der Waals surface area contributed by atoms with E-state index >= 15 is 0 Å². The largest absolute Gasteiger partial charge is 0.493 e. The first-order valence-electron chi connectivity index (χ1n) is 7.58. The Morgan fingerprint density at radius 2 is 1.96 bits per heavy atom. The number of rotatable bonds is 7. The highest BCUT2D eigenvalue weighted by atomic mass is 16.5. The van der Waals surface area contributed by atoms with E-state index in [0.29, 0.717) is 22.8 Å². The first-order valence-corrected chi connectivity index (χ1v) is 7.58. The number of benzene rings is 1. The van der Waals surface area contributed by atoms with Crippen molar-refractivity contribution < 1.29 is 23.5 Å². The molecule has 1 amide bonds. The molecule has 2 aromatic rings. The Balaban J connectivity index is 1.95. The molecule has 24 heavy (non-hydrogen) atoms. The Morgan fingerprint density at radius 1 is 1.21 bits per heavy atom. The lowest BCUT2D eigenvalue weighted by Gasteiger charge is -2.14. The van der Waals surface area contributed by atoms with Crippen LogP contribution < -0.4 is 14.8 Å². The molecule has 0 saturated carbocycles. The molecule has 0 aliphatic carbocycles. The first kappa shape index (κ1) is 17.6. The molecule has 1 unspecified atom stereocenters. The van der Waals surface area contributed by atoms with Crippen molar-refractivity contribution in [2.45, 2.75) is 26.8 Å². The number of nitrogens with one attached hydrogen (secondary N) is 1. The standard InChI is InChI=1S/C18H21NO5/c1-11-5-7-15(24-11)12(2)19-18(21)10-23-16-8-6-14(13(3)20)9-17(16)22-4/h5-9,12H,10H2,1-4H3,(H,19,21). The Morgan fingerprint density at radius 3 is 2.54 bits per heavy atom. The summed E-state index contributed by atoms with van der Waals surface area (Å²) in [5, 5.41) is 2.79. The number of ketones is 1. The van der Waals surface area contributed by atoms with Crippen molar-refractivity contribution in [1.82, 2.24) is 5.32 Å². The highest BCUT2D eigenvalue weighted by molar-refractivity contribution is 5.94. The molecule has 0 bridgehead atoms. The van der Waals surface area contributed by atoms with E-state index in [1.54, 1.807) is 18.2 Å². The van der Waals surface area contributed by atoms with Gasteiger partial charge in [-0.1, -0.05) is 0 Å². The van der Waals surface area contributed by atoms with Crippen LogP contribution in [0.4, 0.5) is 0 Å². The van der Waals surface area contributed by atoms with Crippen LogP contribution in [-0.4, -0.2) is 25.4 Å². The molecule has 0 aliphatic heterocycles. The second kappa shape index (κ2) is 7.68. The van der Waals surface area contributed by atoms with Crippen LogP contribution in [0.1, 0.15) is 41.8 Å². The minimum absolute atomic E-state index is 0.0693. The number of Topliss-reactive ketones (excluding diaryl/α,β-unsaturated/α-hetero) is 1. The van der Waals surface area contributed by atoms with Gasteiger partial charge in [-0.2, -0.15) is 0 Å². The van der Waals surface area contributed by atoms with Crippen molar-refractivity contribution >= 4 is 11.7 Å². The van der Waals surface area contributed by atoms with E-state index in [4.69, 9.17) is 13.9 Å². The van der Waals surface area contributed by atoms with E-state index in [0.717, 1.165) is 5.76 Å². The Bertz CT molecular complexity index is 735. The van der Waals surface area contributed by atoms with Crippen molar-refractivity contribution in [3.05, 3.63) is 47.4 Å². The molecular formula is C18H21NO5. The highest BCUT2D eigenvalue weighted by Crippen LogP contribution is 2.28. The van der Waals surface area contributed by atoms with Crippen LogP contribution in [0.3, 0.4) is 0 Å². The van der Waals surface area contributed by atoms with Crippen LogP contribution in [0.25, 0.3) is 0 Å². The molecule has 1 aromatic heterocycles. The minimum atomic E-state index is -0.283. The van der Waals surface area contributed by atoms with E-state index in [9.17, 15) is 9.59 Å². The molecule has 0 fully saturated rings. The number of carbonyl (C=O) groups is 2. The van der Waals surface area contributed by atoms with Crippen molar-refractivity contribution in [2.75, 3.05) is 13.7 Å². The number of carbonyl (C=O) groups excluding carboxylic acids is 2. The molecule has 1 aromatic carbocycles. The molecule has 6 nitrogen and oxygen atoms in total. The molecule has 6 heteroatoms. The number of hydrogen-bond acceptors (Lipinski definition) is 5. The molecule has 0 radical (unpaired) electrons. The quantitative estimate of drug-likeness (QED) is 0.789. The number of methoxy groups -OCH3 is 1. The zero-order valence-electron chi connectivity index (χ0n) is 14.2. The molecule has 2 rings (SSSR count). The van der Waals surface area contributed by atoms with E-state index in [1.165, 1.54) is 14.0 Å². The van der Waals surface area contributed by atoms with Gasteiger partial charge in [-0.05, 0) is 51.1 Å². The topological polar surface area (TPSA) is 77.8 Å². The fourth-order valence-electron chi connectivity index (χ4n) is 2.19. The van der Waals surface area contributed by atoms with E-state index < -0.39 is 0 Å². The predicted octanol–water partition coefficient (Wildman–Crippen LogP) is 3.06. The van der Waals surface area contributed by atoms with Crippen LogP contribution >= 0.6 is 0 Å². The predicted molar refractivity (Wildman–Crippen MR) is 88.5 cm³/mol. The molecule has 0 spiro atoms. The third-order valence-corrected chi connectivity index (χ3v) is 3.49. The first-order chi connectivity index (χ1) is 11.4. The van der Waals surface area contributed by atoms with Crippen LogP contribution in [0.2, 0.25) is 0 Å². The Kier molecular flexibility index (Phi) is 5.63. The normalized spacial score (nSPS) is 11.7. The lowest BCUT2D eigenvalue weighted by molar-refractivity contribution is -0.123. The van der Waals surface area contributed by atoms with Gasteiger partial charge >= 0.3 is 0 Å². The lowest BCUT2D eigenvalue weighted by atomic mass is 10.1. The lowest BCUT2D eigenvalue weighted by Crippen LogP contribution is -2.31. The monoisotopic (exact) mass is 331 g/mol. The fraction of sp³-hybridized carbons (Fsp3) is 0.333. The van der Waals surface area contributed by atoms with Gasteiger partial charge in [0.1, 0.15) is 11.5 Å². The van der Waals surface area contributed by atoms with E-state index in [2.05, 4.69) is 5.32 Å². The minimum Gasteiger partial charge on any atom is -0.493 e. The fourth-order valence-corrected chi connectivity index (χ4v) is 2.19. The number of ether oxygens (including phenoxy) is 2. The average Bonchev–Trinajstić information content (AvgIpc) is 2.99. The molecule has 1 heterocycles. The van der Waals surface area contributed by atoms with Gasteiger partial charge in [-0.25, -0.2) is 0 Å². The van der Waals surface area contributed by atoms with Crippen LogP contribution in [0.15, 0.2) is 34.7 Å². The summed E-state index contributed by atoms with van der Waals surface area (Å²) in [6.45, 7) is 4.98. The number of furan rings is 1. The van der Waals surface area contributed by atoms with Gasteiger partial charge in [0, 0.05) is 5.56 Å². The van der Waals surface area contributed by atoms with E-state index in [1.807, 2.05) is 26.0 Å². The Labute approximate surface area is 140 Å². The maximum atomic E-state index is 12.0.